The number of hydrogen-bond acceptors (Lipinski definition) is 1. The van der Waals surface area contributed by atoms with Crippen molar-refractivity contribution in [3.8, 4) is 0 Å². The Bertz CT molecular complexity index is 153. The summed E-state index contributed by atoms with van der Waals surface area (Å²) < 4.78 is 0. The number of carboxylic acids is 1. The second kappa shape index (κ2) is 10.0. The number of rotatable bonds is 10. The summed E-state index contributed by atoms with van der Waals surface area (Å²) in [5.74, 6) is 0.861. The van der Waals surface area contributed by atoms with Crippen LogP contribution in [0, 0.1) is 5.92 Å². The van der Waals surface area contributed by atoms with E-state index in [1.807, 2.05) is 0 Å². The van der Waals surface area contributed by atoms with Crippen LogP contribution >= 0.6 is 0 Å². The molecule has 0 saturated heterocycles. The highest BCUT2D eigenvalue weighted by molar-refractivity contribution is 5.66. The summed E-state index contributed by atoms with van der Waals surface area (Å²) in [5, 5.41) is 8.44. The molecule has 0 atom stereocenters. The molecule has 0 aliphatic heterocycles. The molecule has 0 aliphatic rings. The zero-order valence-corrected chi connectivity index (χ0v) is 10.2. The Kier molecular flexibility index (Phi) is 9.65. The van der Waals surface area contributed by atoms with Gasteiger partial charge in [-0.3, -0.25) is 4.79 Å². The molecule has 0 aliphatic carbocycles. The summed E-state index contributed by atoms with van der Waals surface area (Å²) in [6.07, 6.45) is 9.93. The number of aliphatic carboxylic acids is 1. The summed E-state index contributed by atoms with van der Waals surface area (Å²) in [4.78, 5) is 10.2. The summed E-state index contributed by atoms with van der Waals surface area (Å²) in [5.41, 5.74) is 0. The van der Waals surface area contributed by atoms with E-state index in [-0.39, 0.29) is 0 Å². The van der Waals surface area contributed by atoms with E-state index in [1.165, 1.54) is 44.4 Å². The third kappa shape index (κ3) is 13.5. The maximum atomic E-state index is 10.2. The van der Waals surface area contributed by atoms with Gasteiger partial charge in [-0.25, -0.2) is 0 Å². The van der Waals surface area contributed by atoms with Gasteiger partial charge in [0.2, 0.25) is 0 Å². The minimum atomic E-state index is -0.663. The van der Waals surface area contributed by atoms with Crippen LogP contribution in [0.2, 0.25) is 0 Å². The van der Waals surface area contributed by atoms with Crippen molar-refractivity contribution in [2.45, 2.75) is 71.6 Å². The Balaban J connectivity index is 2.96. The van der Waals surface area contributed by atoms with Crippen molar-refractivity contribution < 1.29 is 9.90 Å². The molecule has 0 bridgehead atoms. The van der Waals surface area contributed by atoms with Crippen molar-refractivity contribution in [3.63, 3.8) is 0 Å². The van der Waals surface area contributed by atoms with E-state index in [1.54, 1.807) is 0 Å². The molecule has 0 spiro atoms. The number of carboxylic acid groups (broad SMARTS) is 1. The summed E-state index contributed by atoms with van der Waals surface area (Å²) in [6, 6.07) is 0. The third-order valence-corrected chi connectivity index (χ3v) is 2.57. The van der Waals surface area contributed by atoms with Crippen LogP contribution in [0.1, 0.15) is 71.6 Å². The van der Waals surface area contributed by atoms with Crippen molar-refractivity contribution in [1.82, 2.24) is 0 Å². The van der Waals surface area contributed by atoms with Gasteiger partial charge in [0.05, 0.1) is 0 Å². The fraction of sp³-hybridized carbons (Fsp3) is 0.846. The zero-order chi connectivity index (χ0) is 11.5. The van der Waals surface area contributed by atoms with E-state index in [0.29, 0.717) is 6.42 Å². The highest BCUT2D eigenvalue weighted by atomic mass is 16.4. The van der Waals surface area contributed by atoms with E-state index in [4.69, 9.17) is 5.11 Å². The first-order valence-corrected chi connectivity index (χ1v) is 6.13. The van der Waals surface area contributed by atoms with Crippen LogP contribution in [0.25, 0.3) is 0 Å². The molecule has 0 aromatic rings. The lowest BCUT2D eigenvalue weighted by Gasteiger charge is -2.03. The van der Waals surface area contributed by atoms with Crippen LogP contribution < -0.4 is 0 Å². The predicted molar refractivity (Wildman–Crippen MR) is 63.8 cm³/mol. The van der Waals surface area contributed by atoms with Gasteiger partial charge in [-0.15, -0.1) is 0 Å². The zero-order valence-electron chi connectivity index (χ0n) is 10.2. The minimum absolute atomic E-state index is 0.337. The lowest BCUT2D eigenvalue weighted by Crippen LogP contribution is -1.93. The van der Waals surface area contributed by atoms with Crippen LogP contribution in [-0.2, 0) is 4.79 Å². The molecule has 0 amide bonds. The molecule has 0 rings (SSSR count). The maximum absolute atomic E-state index is 10.2. The fourth-order valence-corrected chi connectivity index (χ4v) is 1.64. The van der Waals surface area contributed by atoms with Gasteiger partial charge in [-0.1, -0.05) is 52.4 Å². The summed E-state index contributed by atoms with van der Waals surface area (Å²) >= 11 is 0. The molecule has 1 N–H and O–H groups in total. The molecule has 2 heteroatoms. The largest absolute Gasteiger partial charge is 0.481 e. The van der Waals surface area contributed by atoms with Gasteiger partial charge in [0.1, 0.15) is 0 Å². The van der Waals surface area contributed by atoms with Crippen LogP contribution in [-0.4, -0.2) is 11.1 Å². The lowest BCUT2D eigenvalue weighted by atomic mass is 10.0. The van der Waals surface area contributed by atoms with E-state index < -0.39 is 5.97 Å². The normalized spacial score (nSPS) is 10.9. The smallest absolute Gasteiger partial charge is 0.303 e. The first-order chi connectivity index (χ1) is 7.13. The van der Waals surface area contributed by atoms with E-state index >= 15 is 0 Å². The first kappa shape index (κ1) is 14.5. The molecule has 0 heterocycles. The number of hydrogen-bond donors (Lipinski definition) is 1. The highest BCUT2D eigenvalue weighted by Crippen LogP contribution is 2.13. The topological polar surface area (TPSA) is 37.3 Å². The molecule has 0 fully saturated rings. The molecule has 1 radical (unpaired) electrons. The van der Waals surface area contributed by atoms with Crippen molar-refractivity contribution in [2.24, 2.45) is 0 Å². The quantitative estimate of drug-likeness (QED) is 0.552. The predicted octanol–water partition coefficient (Wildman–Crippen LogP) is 4.20. The van der Waals surface area contributed by atoms with Crippen molar-refractivity contribution in [2.75, 3.05) is 0 Å². The second-order valence-electron chi connectivity index (χ2n) is 4.58. The Labute approximate surface area is 94.1 Å². The van der Waals surface area contributed by atoms with Crippen LogP contribution in [0.4, 0.5) is 0 Å². The molecule has 0 unspecified atom stereocenters. The van der Waals surface area contributed by atoms with Crippen LogP contribution in [0.3, 0.4) is 0 Å². The molecule has 0 aromatic carbocycles. The van der Waals surface area contributed by atoms with Gasteiger partial charge in [0.25, 0.3) is 0 Å². The van der Waals surface area contributed by atoms with Gasteiger partial charge >= 0.3 is 5.97 Å². The second-order valence-corrected chi connectivity index (χ2v) is 4.58. The third-order valence-electron chi connectivity index (χ3n) is 2.57. The summed E-state index contributed by atoms with van der Waals surface area (Å²) in [7, 11) is 0. The Hall–Kier alpha value is -0.530. The van der Waals surface area contributed by atoms with Crippen LogP contribution in [0.15, 0.2) is 0 Å². The van der Waals surface area contributed by atoms with E-state index in [2.05, 4.69) is 13.8 Å². The number of unbranched alkanes of at least 4 members (excludes halogenated alkanes) is 6. The standard InChI is InChI=1S/C13H25O2/c1-12(2)10-8-6-4-3-5-7-9-11-13(14)15/h3-11H2,1-2H3,(H,14,15). The summed E-state index contributed by atoms with van der Waals surface area (Å²) in [6.45, 7) is 4.37. The van der Waals surface area contributed by atoms with E-state index in [0.717, 1.165) is 12.8 Å². The average molecular weight is 213 g/mol. The maximum Gasteiger partial charge on any atom is 0.303 e. The van der Waals surface area contributed by atoms with Crippen LogP contribution in [0.5, 0.6) is 0 Å². The Morgan fingerprint density at radius 1 is 0.800 bits per heavy atom. The van der Waals surface area contributed by atoms with Crippen molar-refractivity contribution >= 4 is 5.97 Å². The number of carbonyl (C=O) groups is 1. The van der Waals surface area contributed by atoms with Crippen molar-refractivity contribution in [1.29, 1.82) is 0 Å². The lowest BCUT2D eigenvalue weighted by molar-refractivity contribution is -0.137. The van der Waals surface area contributed by atoms with Gasteiger partial charge in [0, 0.05) is 6.42 Å². The molecule has 89 valence electrons. The monoisotopic (exact) mass is 213 g/mol. The molecular formula is C13H25O2. The highest BCUT2D eigenvalue weighted by Gasteiger charge is 1.97. The molecule has 15 heavy (non-hydrogen) atoms. The van der Waals surface area contributed by atoms with E-state index in [9.17, 15) is 4.79 Å². The first-order valence-electron chi connectivity index (χ1n) is 6.13. The average Bonchev–Trinajstić information content (AvgIpc) is 2.14. The SMILES string of the molecule is C[C](C)CCCCCCCCCC(=O)O. The molecule has 2 nitrogen and oxygen atoms in total. The Morgan fingerprint density at radius 3 is 1.60 bits per heavy atom. The van der Waals surface area contributed by atoms with Gasteiger partial charge in [-0.2, -0.15) is 0 Å². The molecular weight excluding hydrogens is 188 g/mol. The van der Waals surface area contributed by atoms with Gasteiger partial charge in [-0.05, 0) is 18.8 Å². The van der Waals surface area contributed by atoms with Crippen molar-refractivity contribution in [3.05, 3.63) is 5.92 Å². The molecule has 0 saturated carbocycles. The minimum Gasteiger partial charge on any atom is -0.481 e. The molecule has 0 aromatic heterocycles. The van der Waals surface area contributed by atoms with Gasteiger partial charge in [0.15, 0.2) is 0 Å². The fourth-order valence-electron chi connectivity index (χ4n) is 1.64. The van der Waals surface area contributed by atoms with Gasteiger partial charge < -0.3 is 5.11 Å². The Morgan fingerprint density at radius 2 is 1.20 bits per heavy atom.